The summed E-state index contributed by atoms with van der Waals surface area (Å²) in [5, 5.41) is 3.84. The molecule has 3 nitrogen and oxygen atoms in total. The molecular weight excluding hydrogens is 272 g/mol. The van der Waals surface area contributed by atoms with Gasteiger partial charge in [-0.05, 0) is 68.7 Å². The molecule has 0 radical (unpaired) electrons. The van der Waals surface area contributed by atoms with E-state index in [1.54, 1.807) is 0 Å². The molecule has 0 aromatic carbocycles. The molecule has 0 aromatic heterocycles. The zero-order valence-electron chi connectivity index (χ0n) is 15.1. The quantitative estimate of drug-likeness (QED) is 0.861. The van der Waals surface area contributed by atoms with Crippen LogP contribution in [0.5, 0.6) is 0 Å². The van der Waals surface area contributed by atoms with Crippen molar-refractivity contribution in [3.63, 3.8) is 0 Å². The minimum absolute atomic E-state index is 0.392. The molecule has 0 aromatic rings. The van der Waals surface area contributed by atoms with E-state index in [9.17, 15) is 0 Å². The minimum atomic E-state index is 0.392. The maximum absolute atomic E-state index is 5.54. The first kappa shape index (κ1) is 16.7. The van der Waals surface area contributed by atoms with Gasteiger partial charge in [0.2, 0.25) is 0 Å². The Kier molecular flexibility index (Phi) is 5.16. The Balaban J connectivity index is 1.66. The summed E-state index contributed by atoms with van der Waals surface area (Å²) in [6.07, 6.45) is 10.6. The molecule has 3 heteroatoms. The van der Waals surface area contributed by atoms with Crippen LogP contribution in [0.25, 0.3) is 0 Å². The van der Waals surface area contributed by atoms with Crippen LogP contribution in [0.15, 0.2) is 0 Å². The highest BCUT2D eigenvalue weighted by Gasteiger charge is 2.46. The number of likely N-dealkylation sites (tertiary alicyclic amines) is 1. The molecule has 3 rings (SSSR count). The van der Waals surface area contributed by atoms with Gasteiger partial charge in [0, 0.05) is 19.7 Å². The van der Waals surface area contributed by atoms with E-state index in [0.717, 1.165) is 17.9 Å². The van der Waals surface area contributed by atoms with Gasteiger partial charge in [-0.15, -0.1) is 0 Å². The van der Waals surface area contributed by atoms with Gasteiger partial charge in [0.05, 0.1) is 12.3 Å². The topological polar surface area (TPSA) is 24.5 Å². The molecule has 1 aliphatic carbocycles. The van der Waals surface area contributed by atoms with Crippen molar-refractivity contribution in [2.45, 2.75) is 84.0 Å². The number of hydrogen-bond donors (Lipinski definition) is 1. The number of methoxy groups -OCH3 is 1. The fourth-order valence-corrected chi connectivity index (χ4v) is 5.13. The number of hydrogen-bond acceptors (Lipinski definition) is 3. The lowest BCUT2D eigenvalue weighted by molar-refractivity contribution is 0.0266. The summed E-state index contributed by atoms with van der Waals surface area (Å²) in [6, 6.07) is 0.744. The van der Waals surface area contributed by atoms with Gasteiger partial charge in [0.15, 0.2) is 0 Å². The molecule has 0 spiro atoms. The number of nitrogens with one attached hydrogen (secondary N) is 1. The van der Waals surface area contributed by atoms with Crippen LogP contribution in [-0.2, 0) is 4.74 Å². The van der Waals surface area contributed by atoms with E-state index in [0.29, 0.717) is 17.7 Å². The van der Waals surface area contributed by atoms with Crippen LogP contribution in [0.1, 0.15) is 65.7 Å². The highest BCUT2D eigenvalue weighted by Crippen LogP contribution is 2.42. The van der Waals surface area contributed by atoms with Crippen molar-refractivity contribution >= 4 is 0 Å². The molecule has 3 fully saturated rings. The molecule has 2 heterocycles. The Labute approximate surface area is 137 Å². The summed E-state index contributed by atoms with van der Waals surface area (Å²) in [4.78, 5) is 2.86. The molecule has 2 saturated heterocycles. The van der Waals surface area contributed by atoms with Crippen molar-refractivity contribution < 1.29 is 4.74 Å². The zero-order valence-corrected chi connectivity index (χ0v) is 15.1. The maximum atomic E-state index is 5.54. The van der Waals surface area contributed by atoms with E-state index >= 15 is 0 Å². The highest BCUT2D eigenvalue weighted by molar-refractivity contribution is 4.99. The van der Waals surface area contributed by atoms with Crippen molar-refractivity contribution in [3.05, 3.63) is 0 Å². The molecule has 0 amide bonds. The Morgan fingerprint density at radius 2 is 1.82 bits per heavy atom. The first-order valence-corrected chi connectivity index (χ1v) is 9.51. The van der Waals surface area contributed by atoms with E-state index in [1.165, 1.54) is 58.0 Å². The van der Waals surface area contributed by atoms with Crippen LogP contribution in [0.2, 0.25) is 0 Å². The number of rotatable bonds is 3. The molecule has 2 aliphatic heterocycles. The lowest BCUT2D eigenvalue weighted by atomic mass is 9.82. The Bertz CT molecular complexity index is 357. The van der Waals surface area contributed by atoms with Gasteiger partial charge >= 0.3 is 0 Å². The predicted octanol–water partition coefficient (Wildman–Crippen LogP) is 3.64. The summed E-state index contributed by atoms with van der Waals surface area (Å²) >= 11 is 0. The summed E-state index contributed by atoms with van der Waals surface area (Å²) in [6.45, 7) is 9.81. The standard InChI is InChI=1S/C19H36N2O/c1-19(2,3)17-12-15-6-5-11-20-18(15)21(17)13-14-7-9-16(22-4)10-8-14/h14-18,20H,5-13H2,1-4H3. The molecule has 1 saturated carbocycles. The van der Waals surface area contributed by atoms with E-state index in [4.69, 9.17) is 4.74 Å². The van der Waals surface area contributed by atoms with Crippen molar-refractivity contribution in [1.29, 1.82) is 0 Å². The van der Waals surface area contributed by atoms with Crippen LogP contribution in [-0.4, -0.2) is 43.4 Å². The average molecular weight is 309 g/mol. The molecule has 22 heavy (non-hydrogen) atoms. The second-order valence-electron chi connectivity index (χ2n) is 8.99. The van der Waals surface area contributed by atoms with Crippen LogP contribution >= 0.6 is 0 Å². The monoisotopic (exact) mass is 308 g/mol. The number of nitrogens with zero attached hydrogens (tertiary/aromatic N) is 1. The third kappa shape index (κ3) is 3.52. The molecule has 3 atom stereocenters. The Morgan fingerprint density at radius 1 is 1.09 bits per heavy atom. The summed E-state index contributed by atoms with van der Waals surface area (Å²) in [7, 11) is 1.87. The van der Waals surface area contributed by atoms with Crippen LogP contribution in [0, 0.1) is 17.3 Å². The first-order valence-electron chi connectivity index (χ1n) is 9.51. The third-order valence-electron chi connectivity index (χ3n) is 6.43. The summed E-state index contributed by atoms with van der Waals surface area (Å²) in [5.41, 5.74) is 0.392. The molecule has 3 aliphatic rings. The molecule has 1 N–H and O–H groups in total. The maximum Gasteiger partial charge on any atom is 0.0629 e. The minimum Gasteiger partial charge on any atom is -0.381 e. The molecule has 128 valence electrons. The highest BCUT2D eigenvalue weighted by atomic mass is 16.5. The van der Waals surface area contributed by atoms with Gasteiger partial charge in [-0.25, -0.2) is 0 Å². The van der Waals surface area contributed by atoms with Crippen LogP contribution in [0.3, 0.4) is 0 Å². The second-order valence-corrected chi connectivity index (χ2v) is 8.99. The van der Waals surface area contributed by atoms with Crippen LogP contribution in [0.4, 0.5) is 0 Å². The molecule has 0 bridgehead atoms. The van der Waals surface area contributed by atoms with Gasteiger partial charge < -0.3 is 10.1 Å². The van der Waals surface area contributed by atoms with Crippen molar-refractivity contribution in [2.75, 3.05) is 20.2 Å². The second kappa shape index (κ2) is 6.78. The van der Waals surface area contributed by atoms with Crippen molar-refractivity contribution in [1.82, 2.24) is 10.2 Å². The summed E-state index contributed by atoms with van der Waals surface area (Å²) in [5.74, 6) is 1.76. The van der Waals surface area contributed by atoms with E-state index in [-0.39, 0.29) is 0 Å². The number of piperidine rings is 1. The lowest BCUT2D eigenvalue weighted by Crippen LogP contribution is -2.53. The van der Waals surface area contributed by atoms with E-state index < -0.39 is 0 Å². The van der Waals surface area contributed by atoms with Gasteiger partial charge in [-0.3, -0.25) is 4.90 Å². The van der Waals surface area contributed by atoms with Crippen molar-refractivity contribution in [3.8, 4) is 0 Å². The summed E-state index contributed by atoms with van der Waals surface area (Å²) < 4.78 is 5.54. The largest absolute Gasteiger partial charge is 0.381 e. The lowest BCUT2D eigenvalue weighted by Gasteiger charge is -2.42. The number of ether oxygens (including phenoxy) is 1. The Hall–Kier alpha value is -0.120. The zero-order chi connectivity index (χ0) is 15.7. The van der Waals surface area contributed by atoms with Gasteiger partial charge in [-0.2, -0.15) is 0 Å². The smallest absolute Gasteiger partial charge is 0.0629 e. The Morgan fingerprint density at radius 3 is 2.45 bits per heavy atom. The molecule has 3 unspecified atom stereocenters. The first-order chi connectivity index (χ1) is 10.5. The van der Waals surface area contributed by atoms with Gasteiger partial charge in [0.25, 0.3) is 0 Å². The van der Waals surface area contributed by atoms with E-state index in [1.807, 2.05) is 7.11 Å². The average Bonchev–Trinajstić information content (AvgIpc) is 2.87. The fourth-order valence-electron chi connectivity index (χ4n) is 5.13. The van der Waals surface area contributed by atoms with Gasteiger partial charge in [0.1, 0.15) is 0 Å². The normalized spacial score (nSPS) is 40.6. The van der Waals surface area contributed by atoms with Crippen LogP contribution < -0.4 is 5.32 Å². The van der Waals surface area contributed by atoms with Gasteiger partial charge in [-0.1, -0.05) is 20.8 Å². The molecular formula is C19H36N2O. The van der Waals surface area contributed by atoms with E-state index in [2.05, 4.69) is 31.0 Å². The predicted molar refractivity (Wildman–Crippen MR) is 91.8 cm³/mol. The van der Waals surface area contributed by atoms with Crippen molar-refractivity contribution in [2.24, 2.45) is 17.3 Å². The number of fused-ring (bicyclic) bond motifs is 1. The SMILES string of the molecule is COC1CCC(CN2C3NCCCC3CC2C(C)(C)C)CC1. The fraction of sp³-hybridized carbons (Fsp3) is 1.00. The third-order valence-corrected chi connectivity index (χ3v) is 6.43.